The molecule has 5 nitrogen and oxygen atoms in total. The van der Waals surface area contributed by atoms with Crippen molar-refractivity contribution in [3.05, 3.63) is 67.5 Å². The first-order chi connectivity index (χ1) is 9.47. The summed E-state index contributed by atoms with van der Waals surface area (Å²) >= 11 is 1.91. The predicted octanol–water partition coefficient (Wildman–Crippen LogP) is 3.59. The summed E-state index contributed by atoms with van der Waals surface area (Å²) in [5.74, 6) is -0.799. The second-order valence-corrected chi connectivity index (χ2v) is 5.04. The number of non-ortho nitro benzene ring substituents is 1. The number of hydrogen-bond acceptors (Lipinski definition) is 3. The number of benzene rings is 2. The monoisotopic (exact) mass is 386 g/mol. The smallest absolute Gasteiger partial charge is 0.269 e. The number of amides is 1. The Morgan fingerprint density at radius 2 is 1.85 bits per heavy atom. The number of rotatable bonds is 3. The van der Waals surface area contributed by atoms with Gasteiger partial charge in [0.15, 0.2) is 0 Å². The van der Waals surface area contributed by atoms with Gasteiger partial charge < -0.3 is 5.32 Å². The van der Waals surface area contributed by atoms with E-state index < -0.39 is 10.8 Å². The maximum Gasteiger partial charge on any atom is 0.269 e. The van der Waals surface area contributed by atoms with Gasteiger partial charge in [0.1, 0.15) is 5.82 Å². The van der Waals surface area contributed by atoms with Crippen molar-refractivity contribution in [2.45, 2.75) is 0 Å². The number of nitro groups is 1. The van der Waals surface area contributed by atoms with Crippen LogP contribution in [0.25, 0.3) is 0 Å². The Kier molecular flexibility index (Phi) is 4.28. The van der Waals surface area contributed by atoms with Crippen LogP contribution in [0.1, 0.15) is 10.4 Å². The Balaban J connectivity index is 2.17. The molecule has 2 rings (SSSR count). The standard InChI is InChI=1S/C13H8FIN2O3/c14-9-3-6-12(11(15)7-9)16-13(18)8-1-4-10(5-2-8)17(19)20/h1-7H,(H,16,18). The lowest BCUT2D eigenvalue weighted by atomic mass is 10.2. The van der Waals surface area contributed by atoms with E-state index in [1.807, 2.05) is 22.6 Å². The Morgan fingerprint density at radius 3 is 2.40 bits per heavy atom. The van der Waals surface area contributed by atoms with Crippen LogP contribution in [-0.2, 0) is 0 Å². The molecule has 7 heteroatoms. The minimum atomic E-state index is -0.537. The summed E-state index contributed by atoms with van der Waals surface area (Å²) < 4.78 is 13.5. The highest BCUT2D eigenvalue weighted by Gasteiger charge is 2.11. The van der Waals surface area contributed by atoms with E-state index in [2.05, 4.69) is 5.32 Å². The molecule has 0 aliphatic rings. The first-order valence-electron chi connectivity index (χ1n) is 5.48. The number of halogens is 2. The van der Waals surface area contributed by atoms with Gasteiger partial charge in [-0.15, -0.1) is 0 Å². The summed E-state index contributed by atoms with van der Waals surface area (Å²) in [6.07, 6.45) is 0. The van der Waals surface area contributed by atoms with E-state index in [0.29, 0.717) is 9.26 Å². The summed E-state index contributed by atoms with van der Waals surface area (Å²) in [6.45, 7) is 0. The van der Waals surface area contributed by atoms with Crippen LogP contribution < -0.4 is 5.32 Å². The molecule has 0 atom stereocenters. The highest BCUT2D eigenvalue weighted by Crippen LogP contribution is 2.20. The SMILES string of the molecule is O=C(Nc1ccc(F)cc1I)c1ccc([N+](=O)[O-])cc1. The number of hydrogen-bond donors (Lipinski definition) is 1. The van der Waals surface area contributed by atoms with Crippen molar-refractivity contribution < 1.29 is 14.1 Å². The number of nitrogens with one attached hydrogen (secondary N) is 1. The third-order valence-electron chi connectivity index (χ3n) is 2.52. The molecule has 0 fully saturated rings. The quantitative estimate of drug-likeness (QED) is 0.498. The zero-order chi connectivity index (χ0) is 14.7. The Bertz CT molecular complexity index is 674. The molecular weight excluding hydrogens is 378 g/mol. The first kappa shape index (κ1) is 14.4. The van der Waals surface area contributed by atoms with Gasteiger partial charge >= 0.3 is 0 Å². The maximum absolute atomic E-state index is 12.9. The molecule has 0 aliphatic heterocycles. The van der Waals surface area contributed by atoms with E-state index in [4.69, 9.17) is 0 Å². The van der Waals surface area contributed by atoms with Gasteiger partial charge in [-0.2, -0.15) is 0 Å². The van der Waals surface area contributed by atoms with Gasteiger partial charge in [-0.05, 0) is 52.9 Å². The van der Waals surface area contributed by atoms with Gasteiger partial charge in [0.2, 0.25) is 0 Å². The predicted molar refractivity (Wildman–Crippen MR) is 80.2 cm³/mol. The van der Waals surface area contributed by atoms with E-state index in [9.17, 15) is 19.3 Å². The average Bonchev–Trinajstić information content (AvgIpc) is 2.42. The van der Waals surface area contributed by atoms with Gasteiger partial charge in [0.25, 0.3) is 11.6 Å². The van der Waals surface area contributed by atoms with E-state index in [1.165, 1.54) is 42.5 Å². The fourth-order valence-corrected chi connectivity index (χ4v) is 2.13. The summed E-state index contributed by atoms with van der Waals surface area (Å²) in [5, 5.41) is 13.1. The van der Waals surface area contributed by atoms with Crippen molar-refractivity contribution in [3.63, 3.8) is 0 Å². The van der Waals surface area contributed by atoms with Crippen LogP contribution in [-0.4, -0.2) is 10.8 Å². The summed E-state index contributed by atoms with van der Waals surface area (Å²) in [5.41, 5.74) is 0.684. The molecule has 0 spiro atoms. The van der Waals surface area contributed by atoms with Gasteiger partial charge in [-0.3, -0.25) is 14.9 Å². The summed E-state index contributed by atoms with van der Waals surface area (Å²) in [4.78, 5) is 21.9. The number of carbonyl (C=O) groups is 1. The molecule has 1 amide bonds. The van der Waals surface area contributed by atoms with Gasteiger partial charge in [0, 0.05) is 21.3 Å². The molecule has 0 aromatic heterocycles. The van der Waals surface area contributed by atoms with Crippen molar-refractivity contribution >= 4 is 39.9 Å². The third kappa shape index (κ3) is 3.29. The van der Waals surface area contributed by atoms with E-state index in [-0.39, 0.29) is 17.1 Å². The molecule has 0 unspecified atom stereocenters. The van der Waals surface area contributed by atoms with Gasteiger partial charge in [0.05, 0.1) is 10.6 Å². The number of nitro benzene ring substituents is 1. The molecule has 20 heavy (non-hydrogen) atoms. The minimum Gasteiger partial charge on any atom is -0.321 e. The normalized spacial score (nSPS) is 10.1. The lowest BCUT2D eigenvalue weighted by molar-refractivity contribution is -0.384. The molecule has 0 heterocycles. The van der Waals surface area contributed by atoms with Gasteiger partial charge in [-0.25, -0.2) is 4.39 Å². The van der Waals surface area contributed by atoms with E-state index in [1.54, 1.807) is 0 Å². The highest BCUT2D eigenvalue weighted by atomic mass is 127. The molecule has 2 aromatic carbocycles. The topological polar surface area (TPSA) is 72.2 Å². The molecule has 1 N–H and O–H groups in total. The Morgan fingerprint density at radius 1 is 1.20 bits per heavy atom. The van der Waals surface area contributed by atoms with Crippen LogP contribution in [0.15, 0.2) is 42.5 Å². The van der Waals surface area contributed by atoms with Crippen molar-refractivity contribution in [1.82, 2.24) is 0 Å². The Labute approximate surface area is 127 Å². The molecule has 0 saturated heterocycles. The van der Waals surface area contributed by atoms with E-state index in [0.717, 1.165) is 0 Å². The summed E-state index contributed by atoms with van der Waals surface area (Å²) in [6, 6.07) is 9.24. The molecule has 0 radical (unpaired) electrons. The average molecular weight is 386 g/mol. The zero-order valence-corrected chi connectivity index (χ0v) is 12.1. The maximum atomic E-state index is 12.9. The molecule has 2 aromatic rings. The van der Waals surface area contributed by atoms with Crippen LogP contribution in [0, 0.1) is 19.5 Å². The Hall–Kier alpha value is -2.03. The zero-order valence-electron chi connectivity index (χ0n) is 9.97. The van der Waals surface area contributed by atoms with Crippen molar-refractivity contribution in [2.75, 3.05) is 5.32 Å². The van der Waals surface area contributed by atoms with Crippen LogP contribution in [0.5, 0.6) is 0 Å². The fraction of sp³-hybridized carbons (Fsp3) is 0. The lowest BCUT2D eigenvalue weighted by Gasteiger charge is -2.07. The molecule has 0 bridgehead atoms. The fourth-order valence-electron chi connectivity index (χ4n) is 1.52. The van der Waals surface area contributed by atoms with Crippen LogP contribution in [0.2, 0.25) is 0 Å². The van der Waals surface area contributed by atoms with E-state index >= 15 is 0 Å². The third-order valence-corrected chi connectivity index (χ3v) is 3.41. The van der Waals surface area contributed by atoms with Crippen molar-refractivity contribution in [1.29, 1.82) is 0 Å². The second-order valence-electron chi connectivity index (χ2n) is 3.88. The molecule has 102 valence electrons. The van der Waals surface area contributed by atoms with Gasteiger partial charge in [-0.1, -0.05) is 0 Å². The molecule has 0 saturated carbocycles. The van der Waals surface area contributed by atoms with Crippen LogP contribution in [0.4, 0.5) is 15.8 Å². The van der Waals surface area contributed by atoms with Crippen molar-refractivity contribution in [2.24, 2.45) is 0 Å². The minimum absolute atomic E-state index is 0.0853. The van der Waals surface area contributed by atoms with Crippen LogP contribution >= 0.6 is 22.6 Å². The summed E-state index contributed by atoms with van der Waals surface area (Å²) in [7, 11) is 0. The number of anilines is 1. The highest BCUT2D eigenvalue weighted by molar-refractivity contribution is 14.1. The molecule has 0 aliphatic carbocycles. The number of nitrogens with zero attached hydrogens (tertiary/aromatic N) is 1. The number of carbonyl (C=O) groups excluding carboxylic acids is 1. The second kappa shape index (κ2) is 5.95. The van der Waals surface area contributed by atoms with Crippen molar-refractivity contribution in [3.8, 4) is 0 Å². The van der Waals surface area contributed by atoms with Crippen LogP contribution in [0.3, 0.4) is 0 Å². The lowest BCUT2D eigenvalue weighted by Crippen LogP contribution is -2.12. The molecular formula is C13H8FIN2O3. The first-order valence-corrected chi connectivity index (χ1v) is 6.56. The largest absolute Gasteiger partial charge is 0.321 e.